The van der Waals surface area contributed by atoms with E-state index in [1.807, 2.05) is 19.9 Å². The minimum atomic E-state index is -0.572. The molecule has 1 N–H and O–H groups in total. The number of carbonyl (C=O) groups is 1. The largest absolute Gasteiger partial charge is 0.390 e. The van der Waals surface area contributed by atoms with Gasteiger partial charge >= 0.3 is 0 Å². The number of pyridine rings is 1. The van der Waals surface area contributed by atoms with Gasteiger partial charge in [-0.15, -0.1) is 0 Å². The number of halogens is 1. The van der Waals surface area contributed by atoms with Crippen LogP contribution in [0.15, 0.2) is 24.3 Å². The summed E-state index contributed by atoms with van der Waals surface area (Å²) in [5.74, 6) is 3.53. The molecule has 126 valence electrons. The van der Waals surface area contributed by atoms with Crippen LogP contribution in [0.4, 0.5) is 4.39 Å². The summed E-state index contributed by atoms with van der Waals surface area (Å²) in [6.07, 6.45) is 0.672. The predicted molar refractivity (Wildman–Crippen MR) is 88.4 cm³/mol. The minimum absolute atomic E-state index is 0.178. The number of nitrogens with zero attached hydrogens (tertiary/aromatic N) is 1. The first kappa shape index (κ1) is 13.4. The van der Waals surface area contributed by atoms with E-state index in [1.165, 1.54) is 6.07 Å². The van der Waals surface area contributed by atoms with Crippen LogP contribution in [-0.4, -0.2) is 22.0 Å². The van der Waals surface area contributed by atoms with Crippen LogP contribution in [0.1, 0.15) is 29.9 Å². The van der Waals surface area contributed by atoms with Crippen molar-refractivity contribution in [3.05, 3.63) is 41.3 Å². The van der Waals surface area contributed by atoms with Gasteiger partial charge in [0.1, 0.15) is 17.6 Å². The molecule has 0 atom stereocenters. The summed E-state index contributed by atoms with van der Waals surface area (Å²) in [7, 11) is 0. The van der Waals surface area contributed by atoms with Gasteiger partial charge in [-0.3, -0.25) is 4.79 Å². The van der Waals surface area contributed by atoms with Crippen LogP contribution in [0.2, 0.25) is 0 Å². The van der Waals surface area contributed by atoms with Crippen molar-refractivity contribution in [2.24, 2.45) is 40.9 Å². The van der Waals surface area contributed by atoms with Gasteiger partial charge < -0.3 is 5.11 Å². The smallest absolute Gasteiger partial charge is 0.150 e. The van der Waals surface area contributed by atoms with E-state index in [2.05, 4.69) is 6.07 Å². The van der Waals surface area contributed by atoms with Crippen molar-refractivity contribution in [3.8, 4) is 0 Å². The van der Waals surface area contributed by atoms with Gasteiger partial charge in [-0.05, 0) is 67.6 Å². The molecular weight excluding hydrogens is 317 g/mol. The van der Waals surface area contributed by atoms with Gasteiger partial charge in [0.05, 0.1) is 5.60 Å². The van der Waals surface area contributed by atoms with Gasteiger partial charge in [0, 0.05) is 27.5 Å². The number of fused-ring (bicyclic) bond motifs is 1. The second-order valence-electron chi connectivity index (χ2n) is 9.47. The van der Waals surface area contributed by atoms with Crippen LogP contribution in [-0.2, 0) is 5.41 Å². The molecule has 0 radical (unpaired) electrons. The first-order chi connectivity index (χ1) is 11.9. The quantitative estimate of drug-likeness (QED) is 0.878. The van der Waals surface area contributed by atoms with Crippen molar-refractivity contribution in [2.45, 2.75) is 24.9 Å². The van der Waals surface area contributed by atoms with Crippen LogP contribution in [0.5, 0.6) is 0 Å². The predicted octanol–water partition coefficient (Wildman–Crippen LogP) is 2.95. The molecule has 6 saturated carbocycles. The van der Waals surface area contributed by atoms with Crippen LogP contribution in [0.25, 0.3) is 10.9 Å². The molecule has 2 aromatic rings. The number of hydrogen-bond donors (Lipinski definition) is 1. The third kappa shape index (κ3) is 0.901. The van der Waals surface area contributed by atoms with E-state index in [9.17, 15) is 14.3 Å². The first-order valence-corrected chi connectivity index (χ1v) is 9.18. The average molecular weight is 335 g/mol. The second kappa shape index (κ2) is 3.27. The Balaban J connectivity index is 1.33. The summed E-state index contributed by atoms with van der Waals surface area (Å²) in [4.78, 5) is 15.7. The van der Waals surface area contributed by atoms with Crippen molar-refractivity contribution in [2.75, 3.05) is 0 Å². The number of rotatable bonds is 3. The van der Waals surface area contributed by atoms with Gasteiger partial charge in [-0.1, -0.05) is 6.07 Å². The number of aromatic nitrogens is 1. The zero-order chi connectivity index (χ0) is 17.1. The molecule has 3 nitrogen and oxygen atoms in total. The van der Waals surface area contributed by atoms with Crippen molar-refractivity contribution in [1.82, 2.24) is 4.98 Å². The lowest BCUT2D eigenvalue weighted by molar-refractivity contribution is -0.649. The molecule has 0 aliphatic heterocycles. The Hall–Kier alpha value is -1.81. The summed E-state index contributed by atoms with van der Waals surface area (Å²) in [6, 6.07) is 6.94. The third-order valence-corrected chi connectivity index (χ3v) is 9.04. The van der Waals surface area contributed by atoms with Crippen LogP contribution >= 0.6 is 0 Å². The zero-order valence-electron chi connectivity index (χ0n) is 14.0. The summed E-state index contributed by atoms with van der Waals surface area (Å²) in [5.41, 5.74) is 1.58. The summed E-state index contributed by atoms with van der Waals surface area (Å²) in [5, 5.41) is 11.3. The molecule has 6 aliphatic carbocycles. The van der Waals surface area contributed by atoms with Gasteiger partial charge in [0.15, 0.2) is 0 Å². The number of aliphatic hydroxyl groups is 1. The monoisotopic (exact) mass is 335 g/mol. The molecule has 0 amide bonds. The van der Waals surface area contributed by atoms with Crippen LogP contribution < -0.4 is 0 Å². The van der Waals surface area contributed by atoms with E-state index in [1.54, 1.807) is 6.07 Å². The topological polar surface area (TPSA) is 50.2 Å². The molecule has 1 aromatic heterocycles. The van der Waals surface area contributed by atoms with E-state index in [0.717, 1.165) is 5.69 Å². The van der Waals surface area contributed by atoms with Gasteiger partial charge in [-0.2, -0.15) is 0 Å². The molecule has 6 fully saturated rings. The highest BCUT2D eigenvalue weighted by Gasteiger charge is 3.11. The maximum atomic E-state index is 14.4. The molecule has 1 heterocycles. The van der Waals surface area contributed by atoms with E-state index < -0.39 is 11.4 Å². The Bertz CT molecular complexity index is 983. The Morgan fingerprint density at radius 1 is 1.12 bits per heavy atom. The molecule has 0 saturated heterocycles. The lowest BCUT2D eigenvalue weighted by atomic mass is 8.91. The van der Waals surface area contributed by atoms with E-state index in [0.29, 0.717) is 58.3 Å². The van der Waals surface area contributed by atoms with Crippen molar-refractivity contribution >= 4 is 17.2 Å². The zero-order valence-corrected chi connectivity index (χ0v) is 14.0. The first-order valence-electron chi connectivity index (χ1n) is 9.18. The minimum Gasteiger partial charge on any atom is -0.390 e. The average Bonchev–Trinajstić information content (AvgIpc) is 2.60. The van der Waals surface area contributed by atoms with Crippen LogP contribution in [0, 0.1) is 46.7 Å². The molecular formula is C21H18FNO2. The normalized spacial score (nSPS) is 49.3. The molecule has 25 heavy (non-hydrogen) atoms. The summed E-state index contributed by atoms with van der Waals surface area (Å²) in [6.45, 7) is 3.96. The molecule has 4 heteroatoms. The molecule has 0 unspecified atom stereocenters. The van der Waals surface area contributed by atoms with Crippen molar-refractivity contribution in [1.29, 1.82) is 0 Å². The fourth-order valence-electron chi connectivity index (χ4n) is 8.79. The van der Waals surface area contributed by atoms with Crippen molar-refractivity contribution in [3.63, 3.8) is 0 Å². The Labute approximate surface area is 144 Å². The highest BCUT2D eigenvalue weighted by molar-refractivity contribution is 5.87. The molecule has 0 spiro atoms. The van der Waals surface area contributed by atoms with E-state index in [-0.39, 0.29) is 10.8 Å². The fraction of sp³-hybridized carbons (Fsp3) is 0.524. The number of hydrogen-bond acceptors (Lipinski definition) is 3. The lowest BCUT2D eigenvalue weighted by Crippen LogP contribution is -3.13. The summed E-state index contributed by atoms with van der Waals surface area (Å²) >= 11 is 0. The van der Waals surface area contributed by atoms with Gasteiger partial charge in [0.25, 0.3) is 0 Å². The molecule has 8 rings (SSSR count). The summed E-state index contributed by atoms with van der Waals surface area (Å²) < 4.78 is 14.4. The number of benzene rings is 1. The van der Waals surface area contributed by atoms with Gasteiger partial charge in [0.2, 0.25) is 0 Å². The van der Waals surface area contributed by atoms with E-state index in [4.69, 9.17) is 4.98 Å². The number of aldehydes is 1. The highest BCUT2D eigenvalue weighted by atomic mass is 19.1. The van der Waals surface area contributed by atoms with Gasteiger partial charge in [-0.25, -0.2) is 9.37 Å². The molecule has 6 aliphatic rings. The molecule has 0 bridgehead atoms. The maximum Gasteiger partial charge on any atom is 0.150 e. The van der Waals surface area contributed by atoms with Crippen molar-refractivity contribution < 1.29 is 14.3 Å². The Kier molecular flexibility index (Phi) is 1.75. The lowest BCUT2D eigenvalue weighted by Gasteiger charge is -3.12. The highest BCUT2D eigenvalue weighted by Crippen LogP contribution is 3.11. The standard InChI is InChI=1S/C21H18FNO2/c1-19(2,25)21-15-12-16(21)14-17(21)13(15)20(12,14)11-4-3-9-5-8(7-24)6-10(22)18(9)23-11/h3-7,12-17,25H,1-2H3. The fourth-order valence-corrected chi connectivity index (χ4v) is 8.79. The third-order valence-electron chi connectivity index (χ3n) is 9.04. The Morgan fingerprint density at radius 2 is 1.76 bits per heavy atom. The van der Waals surface area contributed by atoms with Crippen LogP contribution in [0.3, 0.4) is 0 Å². The maximum absolute atomic E-state index is 14.4. The SMILES string of the molecule is CC(C)(O)C12C3C4C1C1C2C3C41c1ccc2cc(C=O)cc(F)c2n1. The second-order valence-corrected chi connectivity index (χ2v) is 9.47. The van der Waals surface area contributed by atoms with E-state index >= 15 is 0 Å². The Morgan fingerprint density at radius 3 is 2.32 bits per heavy atom. The molecule has 1 aromatic carbocycles. The number of carbonyl (C=O) groups excluding carboxylic acids is 1.